The van der Waals surface area contributed by atoms with Gasteiger partial charge in [0.2, 0.25) is 0 Å². The average molecular weight is 297 g/mol. The molecule has 0 aliphatic carbocycles. The lowest BCUT2D eigenvalue weighted by atomic mass is 10.0. The summed E-state index contributed by atoms with van der Waals surface area (Å²) in [5, 5.41) is 0. The van der Waals surface area contributed by atoms with E-state index < -0.39 is 0 Å². The first kappa shape index (κ1) is 14.4. The Hall–Kier alpha value is -2.53. The standard InChI is InChI=1S/C17H19N3O2/c1-21-15-8-7-11(9-16(15)22-2)12(18)10-17-19-13-5-3-4-6-14(13)20-17/h3-9,12H,10,18H2,1-2H3,(H,19,20). The van der Waals surface area contributed by atoms with Gasteiger partial charge < -0.3 is 20.2 Å². The van der Waals surface area contributed by atoms with Gasteiger partial charge in [-0.2, -0.15) is 0 Å². The third-order valence-electron chi connectivity index (χ3n) is 3.69. The number of fused-ring (bicyclic) bond motifs is 1. The summed E-state index contributed by atoms with van der Waals surface area (Å²) in [5.41, 5.74) is 9.27. The van der Waals surface area contributed by atoms with E-state index in [-0.39, 0.29) is 6.04 Å². The highest BCUT2D eigenvalue weighted by atomic mass is 16.5. The molecule has 3 N–H and O–H groups in total. The van der Waals surface area contributed by atoms with Crippen LogP contribution in [0.15, 0.2) is 42.5 Å². The number of para-hydroxylation sites is 2. The van der Waals surface area contributed by atoms with Gasteiger partial charge in [0, 0.05) is 12.5 Å². The minimum Gasteiger partial charge on any atom is -0.493 e. The zero-order valence-electron chi connectivity index (χ0n) is 12.7. The number of H-pyrrole nitrogens is 1. The molecule has 2 aromatic carbocycles. The van der Waals surface area contributed by atoms with Gasteiger partial charge in [-0.25, -0.2) is 4.98 Å². The molecule has 22 heavy (non-hydrogen) atoms. The van der Waals surface area contributed by atoms with Gasteiger partial charge in [-0.05, 0) is 29.8 Å². The average Bonchev–Trinajstić information content (AvgIpc) is 2.96. The Labute approximate surface area is 129 Å². The Morgan fingerprint density at radius 3 is 2.59 bits per heavy atom. The van der Waals surface area contributed by atoms with Gasteiger partial charge in [0.1, 0.15) is 5.82 Å². The molecule has 5 heteroatoms. The molecule has 1 atom stereocenters. The summed E-state index contributed by atoms with van der Waals surface area (Å²) in [5.74, 6) is 2.26. The van der Waals surface area contributed by atoms with Crippen LogP contribution in [0.5, 0.6) is 11.5 Å². The van der Waals surface area contributed by atoms with E-state index >= 15 is 0 Å². The molecular weight excluding hydrogens is 278 g/mol. The summed E-state index contributed by atoms with van der Waals surface area (Å²) >= 11 is 0. The molecule has 1 unspecified atom stereocenters. The van der Waals surface area contributed by atoms with Gasteiger partial charge in [-0.1, -0.05) is 18.2 Å². The zero-order valence-corrected chi connectivity index (χ0v) is 12.7. The van der Waals surface area contributed by atoms with Crippen LogP contribution in [-0.4, -0.2) is 24.2 Å². The van der Waals surface area contributed by atoms with Crippen molar-refractivity contribution in [3.63, 3.8) is 0 Å². The topological polar surface area (TPSA) is 73.2 Å². The van der Waals surface area contributed by atoms with Gasteiger partial charge in [0.25, 0.3) is 0 Å². The van der Waals surface area contributed by atoms with Crippen LogP contribution in [0.2, 0.25) is 0 Å². The Morgan fingerprint density at radius 1 is 1.09 bits per heavy atom. The zero-order chi connectivity index (χ0) is 15.5. The van der Waals surface area contributed by atoms with Crippen molar-refractivity contribution in [3.05, 3.63) is 53.9 Å². The Balaban J connectivity index is 1.83. The van der Waals surface area contributed by atoms with Crippen molar-refractivity contribution >= 4 is 11.0 Å². The van der Waals surface area contributed by atoms with Crippen molar-refractivity contribution in [2.24, 2.45) is 5.73 Å². The van der Waals surface area contributed by atoms with Gasteiger partial charge in [0.15, 0.2) is 11.5 Å². The molecule has 0 fully saturated rings. The van der Waals surface area contributed by atoms with Crippen molar-refractivity contribution in [3.8, 4) is 11.5 Å². The van der Waals surface area contributed by atoms with Crippen molar-refractivity contribution in [2.45, 2.75) is 12.5 Å². The summed E-state index contributed by atoms with van der Waals surface area (Å²) in [7, 11) is 3.23. The lowest BCUT2D eigenvalue weighted by Gasteiger charge is -2.14. The van der Waals surface area contributed by atoms with Crippen LogP contribution in [-0.2, 0) is 6.42 Å². The maximum Gasteiger partial charge on any atom is 0.161 e. The summed E-state index contributed by atoms with van der Waals surface area (Å²) in [6.07, 6.45) is 0.629. The van der Waals surface area contributed by atoms with Crippen LogP contribution in [0.1, 0.15) is 17.4 Å². The van der Waals surface area contributed by atoms with Crippen molar-refractivity contribution in [1.29, 1.82) is 0 Å². The van der Waals surface area contributed by atoms with Crippen molar-refractivity contribution in [2.75, 3.05) is 14.2 Å². The smallest absolute Gasteiger partial charge is 0.161 e. The quantitative estimate of drug-likeness (QED) is 0.759. The molecule has 3 rings (SSSR count). The number of nitrogens with one attached hydrogen (secondary N) is 1. The molecule has 3 aromatic rings. The molecule has 0 bridgehead atoms. The van der Waals surface area contributed by atoms with Crippen LogP contribution >= 0.6 is 0 Å². The molecule has 0 radical (unpaired) electrons. The van der Waals surface area contributed by atoms with E-state index in [1.807, 2.05) is 42.5 Å². The fourth-order valence-electron chi connectivity index (χ4n) is 2.51. The third-order valence-corrected chi connectivity index (χ3v) is 3.69. The van der Waals surface area contributed by atoms with Crippen LogP contribution in [0, 0.1) is 0 Å². The van der Waals surface area contributed by atoms with Crippen LogP contribution in [0.4, 0.5) is 0 Å². The maximum absolute atomic E-state index is 6.31. The number of nitrogens with zero attached hydrogens (tertiary/aromatic N) is 1. The van der Waals surface area contributed by atoms with Gasteiger partial charge in [-0.15, -0.1) is 0 Å². The molecule has 1 aromatic heterocycles. The van der Waals surface area contributed by atoms with E-state index in [0.29, 0.717) is 17.9 Å². The van der Waals surface area contributed by atoms with Crippen LogP contribution < -0.4 is 15.2 Å². The monoisotopic (exact) mass is 297 g/mol. The number of nitrogens with two attached hydrogens (primary N) is 1. The SMILES string of the molecule is COc1ccc(C(N)Cc2nc3ccccc3[nH]2)cc1OC. The second-order valence-corrected chi connectivity index (χ2v) is 5.13. The number of ether oxygens (including phenoxy) is 2. The fraction of sp³-hybridized carbons (Fsp3) is 0.235. The number of rotatable bonds is 5. The molecule has 0 saturated heterocycles. The molecule has 1 heterocycles. The van der Waals surface area contributed by atoms with Crippen LogP contribution in [0.3, 0.4) is 0 Å². The Bertz CT molecular complexity index is 749. The molecule has 5 nitrogen and oxygen atoms in total. The lowest BCUT2D eigenvalue weighted by molar-refractivity contribution is 0.354. The summed E-state index contributed by atoms with van der Waals surface area (Å²) in [4.78, 5) is 7.86. The van der Waals surface area contributed by atoms with E-state index in [1.54, 1.807) is 14.2 Å². The van der Waals surface area contributed by atoms with E-state index in [0.717, 1.165) is 22.4 Å². The summed E-state index contributed by atoms with van der Waals surface area (Å²) in [6.45, 7) is 0. The highest BCUT2D eigenvalue weighted by Gasteiger charge is 2.13. The molecule has 0 amide bonds. The molecule has 0 aliphatic rings. The predicted molar refractivity (Wildman–Crippen MR) is 86.3 cm³/mol. The van der Waals surface area contributed by atoms with Crippen LogP contribution in [0.25, 0.3) is 11.0 Å². The Morgan fingerprint density at radius 2 is 1.86 bits per heavy atom. The molecule has 0 aliphatic heterocycles. The fourth-order valence-corrected chi connectivity index (χ4v) is 2.51. The van der Waals surface area contributed by atoms with Gasteiger partial charge in [-0.3, -0.25) is 0 Å². The van der Waals surface area contributed by atoms with Crippen molar-refractivity contribution in [1.82, 2.24) is 9.97 Å². The van der Waals surface area contributed by atoms with Crippen molar-refractivity contribution < 1.29 is 9.47 Å². The summed E-state index contributed by atoms with van der Waals surface area (Å²) in [6, 6.07) is 13.5. The summed E-state index contributed by atoms with van der Waals surface area (Å²) < 4.78 is 10.6. The third kappa shape index (κ3) is 2.76. The molecule has 0 spiro atoms. The number of methoxy groups -OCH3 is 2. The second-order valence-electron chi connectivity index (χ2n) is 5.13. The molecule has 114 valence electrons. The Kier molecular flexibility index (Phi) is 3.98. The minimum atomic E-state index is -0.166. The number of aromatic nitrogens is 2. The first-order valence-corrected chi connectivity index (χ1v) is 7.12. The van der Waals surface area contributed by atoms with Gasteiger partial charge in [0.05, 0.1) is 25.3 Å². The largest absolute Gasteiger partial charge is 0.493 e. The normalized spacial score (nSPS) is 12.3. The number of aromatic amines is 1. The van der Waals surface area contributed by atoms with E-state index in [9.17, 15) is 0 Å². The van der Waals surface area contributed by atoms with E-state index in [1.165, 1.54) is 0 Å². The number of imidazole rings is 1. The van der Waals surface area contributed by atoms with Gasteiger partial charge >= 0.3 is 0 Å². The first-order chi connectivity index (χ1) is 10.7. The van der Waals surface area contributed by atoms with E-state index in [2.05, 4.69) is 9.97 Å². The number of hydrogen-bond donors (Lipinski definition) is 2. The molecule has 0 saturated carbocycles. The number of benzene rings is 2. The second kappa shape index (κ2) is 6.07. The number of hydrogen-bond acceptors (Lipinski definition) is 4. The predicted octanol–water partition coefficient (Wildman–Crippen LogP) is 2.82. The lowest BCUT2D eigenvalue weighted by Crippen LogP contribution is -2.14. The molecular formula is C17H19N3O2. The van der Waals surface area contributed by atoms with E-state index in [4.69, 9.17) is 15.2 Å². The highest BCUT2D eigenvalue weighted by molar-refractivity contribution is 5.74. The first-order valence-electron chi connectivity index (χ1n) is 7.12. The highest BCUT2D eigenvalue weighted by Crippen LogP contribution is 2.30. The minimum absolute atomic E-state index is 0.166. The maximum atomic E-state index is 6.31.